The van der Waals surface area contributed by atoms with E-state index >= 15 is 0 Å². The quantitative estimate of drug-likeness (QED) is 0.0360. The lowest BCUT2D eigenvalue weighted by Gasteiger charge is -2.30. The fourth-order valence-electron chi connectivity index (χ4n) is 5.22. The van der Waals surface area contributed by atoms with Crippen molar-refractivity contribution >= 4 is 0 Å². The van der Waals surface area contributed by atoms with E-state index in [1.807, 2.05) is 0 Å². The third kappa shape index (κ3) is 32.0. The largest absolute Gasteiger partial charge is 0.343 e. The van der Waals surface area contributed by atoms with Crippen molar-refractivity contribution in [2.75, 3.05) is 0 Å². The van der Waals surface area contributed by atoms with Crippen molar-refractivity contribution in [3.05, 3.63) is 24.3 Å². The summed E-state index contributed by atoms with van der Waals surface area (Å²) in [7, 11) is 0. The molecule has 0 aliphatic rings. The number of rotatable bonds is 32. The molecule has 41 heavy (non-hydrogen) atoms. The number of hydrogen-bond donors (Lipinski definition) is 4. The zero-order chi connectivity index (χ0) is 30.3. The molecule has 244 valence electrons. The average Bonchev–Trinajstić information content (AvgIpc) is 2.92. The van der Waals surface area contributed by atoms with Crippen LogP contribution in [0.3, 0.4) is 0 Å². The minimum Gasteiger partial charge on any atom is -0.343 e. The lowest BCUT2D eigenvalue weighted by atomic mass is 10.1. The van der Waals surface area contributed by atoms with Gasteiger partial charge in [-0.25, -0.2) is 0 Å². The molecule has 0 atom stereocenters. The van der Waals surface area contributed by atoms with Gasteiger partial charge in [-0.1, -0.05) is 141 Å². The highest BCUT2D eigenvalue weighted by atomic mass is 16.9. The second kappa shape index (κ2) is 29.4. The molecule has 0 amide bonds. The predicted octanol–water partition coefficient (Wildman–Crippen LogP) is 10.4. The molecule has 0 radical (unpaired) electrons. The Morgan fingerprint density at radius 3 is 0.902 bits per heavy atom. The van der Waals surface area contributed by atoms with Crippen LogP contribution in [-0.2, 0) is 4.74 Å². The highest BCUT2D eigenvalue weighted by Gasteiger charge is 2.36. The van der Waals surface area contributed by atoms with Crippen molar-refractivity contribution < 1.29 is 25.2 Å². The molecule has 0 aliphatic heterocycles. The van der Waals surface area contributed by atoms with E-state index in [9.17, 15) is 20.4 Å². The van der Waals surface area contributed by atoms with Crippen LogP contribution in [-0.4, -0.2) is 32.4 Å². The first-order valence-electron chi connectivity index (χ1n) is 17.7. The first-order chi connectivity index (χ1) is 19.8. The van der Waals surface area contributed by atoms with E-state index in [1.165, 1.54) is 89.9 Å². The Bertz CT molecular complexity index is 535. The van der Waals surface area contributed by atoms with Crippen LogP contribution in [0.4, 0.5) is 0 Å². The number of allylic oxidation sites excluding steroid dienone is 4. The fourth-order valence-corrected chi connectivity index (χ4v) is 5.22. The van der Waals surface area contributed by atoms with Gasteiger partial charge < -0.3 is 20.4 Å². The molecule has 5 nitrogen and oxygen atoms in total. The van der Waals surface area contributed by atoms with Crippen molar-refractivity contribution in [2.45, 2.75) is 206 Å². The smallest absolute Gasteiger partial charge is 0.282 e. The van der Waals surface area contributed by atoms with Gasteiger partial charge in [0.1, 0.15) is 0 Å². The van der Waals surface area contributed by atoms with Gasteiger partial charge in [-0.3, -0.25) is 4.74 Å². The topological polar surface area (TPSA) is 90.2 Å². The van der Waals surface area contributed by atoms with Gasteiger partial charge in [0.05, 0.1) is 0 Å². The van der Waals surface area contributed by atoms with E-state index in [2.05, 4.69) is 38.2 Å². The highest BCUT2D eigenvalue weighted by Crippen LogP contribution is 2.24. The van der Waals surface area contributed by atoms with Gasteiger partial charge in [-0.15, -0.1) is 0 Å². The summed E-state index contributed by atoms with van der Waals surface area (Å²) >= 11 is 0. The number of unbranched alkanes of at least 4 members (excludes halogenated alkanes) is 22. The molecule has 0 aromatic rings. The summed E-state index contributed by atoms with van der Waals surface area (Å²) in [6, 6.07) is 0. The molecule has 0 rings (SSSR count). The fraction of sp³-hybridized carbons (Fsp3) is 0.889. The first-order valence-corrected chi connectivity index (χ1v) is 17.7. The predicted molar refractivity (Wildman–Crippen MR) is 174 cm³/mol. The van der Waals surface area contributed by atoms with Crippen LogP contribution in [0.25, 0.3) is 0 Å². The van der Waals surface area contributed by atoms with Crippen LogP contribution in [0.5, 0.6) is 0 Å². The standard InChI is InChI=1S/C36H70O5/c1-3-5-7-9-11-13-15-17-19-21-23-25-27-29-31-33-35(37,38)41-36(39,40)34-32-30-28-26-24-22-20-18-16-14-12-10-8-6-4-2/h17-20,37-40H,3-16,21-34H2,1-2H3/b19-17-,20-18-. The van der Waals surface area contributed by atoms with Gasteiger partial charge in [0.2, 0.25) is 0 Å². The molecular formula is C36H70O5. The van der Waals surface area contributed by atoms with Crippen molar-refractivity contribution in [1.29, 1.82) is 0 Å². The Balaban J connectivity index is 3.63. The first kappa shape index (κ1) is 40.3. The van der Waals surface area contributed by atoms with Gasteiger partial charge >= 0.3 is 0 Å². The minimum absolute atomic E-state index is 0.0274. The Kier molecular flexibility index (Phi) is 28.8. The summed E-state index contributed by atoms with van der Waals surface area (Å²) in [4.78, 5) is 0. The average molecular weight is 583 g/mol. The lowest BCUT2D eigenvalue weighted by Crippen LogP contribution is -2.44. The molecule has 0 aliphatic carbocycles. The van der Waals surface area contributed by atoms with Crippen molar-refractivity contribution in [3.8, 4) is 0 Å². The summed E-state index contributed by atoms with van der Waals surface area (Å²) in [6.45, 7) is 4.50. The number of aliphatic hydroxyl groups is 4. The van der Waals surface area contributed by atoms with E-state index in [-0.39, 0.29) is 12.8 Å². The Hall–Kier alpha value is -0.720. The van der Waals surface area contributed by atoms with Gasteiger partial charge in [0.15, 0.2) is 0 Å². The second-order valence-corrected chi connectivity index (χ2v) is 12.3. The molecule has 0 spiro atoms. The highest BCUT2D eigenvalue weighted by molar-refractivity contribution is 4.82. The Morgan fingerprint density at radius 2 is 0.610 bits per heavy atom. The van der Waals surface area contributed by atoms with Crippen LogP contribution in [0.1, 0.15) is 194 Å². The Labute approximate surface area is 254 Å². The van der Waals surface area contributed by atoms with Crippen LogP contribution in [0.2, 0.25) is 0 Å². The molecule has 0 fully saturated rings. The maximum Gasteiger partial charge on any atom is 0.282 e. The SMILES string of the molecule is CCCCCCCC/C=C\CCCCCCCC(O)(O)OC(O)(O)CCCCCCC/C=C\CCCCCCCC. The molecule has 0 saturated carbocycles. The normalized spacial score (nSPS) is 12.8. The molecule has 0 bridgehead atoms. The third-order valence-corrected chi connectivity index (χ3v) is 7.86. The molecule has 0 heterocycles. The van der Waals surface area contributed by atoms with Crippen molar-refractivity contribution in [1.82, 2.24) is 0 Å². The lowest BCUT2D eigenvalue weighted by molar-refractivity contribution is -0.473. The molecule has 5 heteroatoms. The molecule has 0 aromatic heterocycles. The van der Waals surface area contributed by atoms with Gasteiger partial charge in [-0.2, -0.15) is 0 Å². The molecule has 0 aromatic carbocycles. The summed E-state index contributed by atoms with van der Waals surface area (Å²) < 4.78 is 4.87. The molecule has 0 saturated heterocycles. The second-order valence-electron chi connectivity index (χ2n) is 12.3. The number of ether oxygens (including phenoxy) is 1. The van der Waals surface area contributed by atoms with E-state index in [4.69, 9.17) is 4.74 Å². The summed E-state index contributed by atoms with van der Waals surface area (Å²) in [5.41, 5.74) is 0. The summed E-state index contributed by atoms with van der Waals surface area (Å²) in [5, 5.41) is 40.3. The van der Waals surface area contributed by atoms with Gasteiger partial charge in [0, 0.05) is 12.8 Å². The minimum atomic E-state index is -2.51. The zero-order valence-electron chi connectivity index (χ0n) is 27.3. The van der Waals surface area contributed by atoms with Crippen LogP contribution in [0.15, 0.2) is 24.3 Å². The van der Waals surface area contributed by atoms with Crippen LogP contribution < -0.4 is 0 Å². The third-order valence-electron chi connectivity index (χ3n) is 7.86. The maximum absolute atomic E-state index is 10.1. The van der Waals surface area contributed by atoms with Crippen LogP contribution in [0, 0.1) is 0 Å². The van der Waals surface area contributed by atoms with Crippen molar-refractivity contribution in [2.24, 2.45) is 0 Å². The van der Waals surface area contributed by atoms with Gasteiger partial charge in [0.25, 0.3) is 11.9 Å². The number of hydrogen-bond acceptors (Lipinski definition) is 5. The zero-order valence-corrected chi connectivity index (χ0v) is 27.3. The maximum atomic E-state index is 10.1. The van der Waals surface area contributed by atoms with E-state index < -0.39 is 11.9 Å². The van der Waals surface area contributed by atoms with Crippen LogP contribution >= 0.6 is 0 Å². The molecule has 4 N–H and O–H groups in total. The monoisotopic (exact) mass is 583 g/mol. The van der Waals surface area contributed by atoms with Crippen molar-refractivity contribution in [3.63, 3.8) is 0 Å². The molecule has 0 unspecified atom stereocenters. The Morgan fingerprint density at radius 1 is 0.366 bits per heavy atom. The van der Waals surface area contributed by atoms with E-state index in [0.717, 1.165) is 64.2 Å². The summed E-state index contributed by atoms with van der Waals surface area (Å²) in [5.74, 6) is -5.02. The van der Waals surface area contributed by atoms with Gasteiger partial charge in [-0.05, 0) is 64.2 Å². The molecular weight excluding hydrogens is 512 g/mol. The van der Waals surface area contributed by atoms with E-state index in [0.29, 0.717) is 12.8 Å². The summed E-state index contributed by atoms with van der Waals surface area (Å²) in [6.07, 6.45) is 39.3. The van der Waals surface area contributed by atoms with E-state index in [1.54, 1.807) is 0 Å².